The van der Waals surface area contributed by atoms with Crippen LogP contribution >= 0.6 is 0 Å². The standard InChI is InChI=1S/C12H12F3N3O/c1-2-3-18-10(6-16-17-18)12(19)7-4-8(13)11(15)9(14)5-7/h4-6,12,19H,2-3H2,1H3. The summed E-state index contributed by atoms with van der Waals surface area (Å²) in [4.78, 5) is 0. The Labute approximate surface area is 107 Å². The van der Waals surface area contributed by atoms with Crippen LogP contribution in [-0.4, -0.2) is 20.1 Å². The van der Waals surface area contributed by atoms with Crippen LogP contribution in [0.3, 0.4) is 0 Å². The molecule has 0 aliphatic heterocycles. The van der Waals surface area contributed by atoms with Gasteiger partial charge in [-0.15, -0.1) is 5.10 Å². The van der Waals surface area contributed by atoms with Gasteiger partial charge in [0.05, 0.1) is 11.9 Å². The van der Waals surface area contributed by atoms with Crippen molar-refractivity contribution >= 4 is 0 Å². The molecule has 0 saturated heterocycles. The lowest BCUT2D eigenvalue weighted by atomic mass is 10.1. The Kier molecular flexibility index (Phi) is 3.84. The van der Waals surface area contributed by atoms with Gasteiger partial charge in [0.25, 0.3) is 0 Å². The second-order valence-corrected chi connectivity index (χ2v) is 4.08. The van der Waals surface area contributed by atoms with E-state index in [1.807, 2.05) is 6.92 Å². The molecule has 1 unspecified atom stereocenters. The molecule has 0 fully saturated rings. The zero-order valence-corrected chi connectivity index (χ0v) is 10.1. The minimum atomic E-state index is -1.56. The first-order chi connectivity index (χ1) is 9.04. The largest absolute Gasteiger partial charge is 0.382 e. The number of benzene rings is 1. The van der Waals surface area contributed by atoms with Crippen molar-refractivity contribution in [2.45, 2.75) is 26.0 Å². The van der Waals surface area contributed by atoms with E-state index in [0.29, 0.717) is 12.2 Å². The molecular formula is C12H12F3N3O. The van der Waals surface area contributed by atoms with Crippen LogP contribution in [0.1, 0.15) is 30.7 Å². The van der Waals surface area contributed by atoms with E-state index in [1.54, 1.807) is 0 Å². The van der Waals surface area contributed by atoms with E-state index in [-0.39, 0.29) is 5.56 Å². The fourth-order valence-electron chi connectivity index (χ4n) is 1.77. The third kappa shape index (κ3) is 2.60. The fraction of sp³-hybridized carbons (Fsp3) is 0.333. The summed E-state index contributed by atoms with van der Waals surface area (Å²) in [5.41, 5.74) is 0.211. The average molecular weight is 271 g/mol. The van der Waals surface area contributed by atoms with Gasteiger partial charge in [0.2, 0.25) is 0 Å². The number of aliphatic hydroxyl groups excluding tert-OH is 1. The topological polar surface area (TPSA) is 50.9 Å². The second-order valence-electron chi connectivity index (χ2n) is 4.08. The highest BCUT2D eigenvalue weighted by atomic mass is 19.2. The van der Waals surface area contributed by atoms with Gasteiger partial charge < -0.3 is 5.11 Å². The number of aliphatic hydroxyl groups is 1. The van der Waals surface area contributed by atoms with Crippen LogP contribution < -0.4 is 0 Å². The first-order valence-corrected chi connectivity index (χ1v) is 5.75. The molecule has 7 heteroatoms. The van der Waals surface area contributed by atoms with Gasteiger partial charge in [-0.3, -0.25) is 0 Å². The third-order valence-electron chi connectivity index (χ3n) is 2.69. The minimum Gasteiger partial charge on any atom is -0.382 e. The van der Waals surface area contributed by atoms with Crippen LogP contribution in [0.15, 0.2) is 18.3 Å². The molecule has 1 N–H and O–H groups in total. The number of hydrogen-bond donors (Lipinski definition) is 1. The van der Waals surface area contributed by atoms with Crippen LogP contribution in [0.2, 0.25) is 0 Å². The molecule has 0 aliphatic rings. The Balaban J connectivity index is 2.38. The summed E-state index contributed by atoms with van der Waals surface area (Å²) in [7, 11) is 0. The van der Waals surface area contributed by atoms with Gasteiger partial charge >= 0.3 is 0 Å². The van der Waals surface area contributed by atoms with Gasteiger partial charge in [-0.05, 0) is 24.1 Å². The first-order valence-electron chi connectivity index (χ1n) is 5.75. The zero-order valence-electron chi connectivity index (χ0n) is 10.1. The lowest BCUT2D eigenvalue weighted by Crippen LogP contribution is -2.11. The van der Waals surface area contributed by atoms with E-state index >= 15 is 0 Å². The number of aromatic nitrogens is 3. The van der Waals surface area contributed by atoms with Crippen molar-refractivity contribution in [1.29, 1.82) is 0 Å². The Morgan fingerprint density at radius 2 is 1.89 bits per heavy atom. The maximum absolute atomic E-state index is 13.1. The summed E-state index contributed by atoms with van der Waals surface area (Å²) in [5, 5.41) is 17.5. The number of halogens is 3. The predicted molar refractivity (Wildman–Crippen MR) is 60.7 cm³/mol. The highest BCUT2D eigenvalue weighted by molar-refractivity contribution is 5.26. The molecule has 0 bridgehead atoms. The summed E-state index contributed by atoms with van der Waals surface area (Å²) >= 11 is 0. The molecule has 19 heavy (non-hydrogen) atoms. The molecule has 1 atom stereocenters. The summed E-state index contributed by atoms with van der Waals surface area (Å²) < 4.78 is 40.5. The van der Waals surface area contributed by atoms with Crippen LogP contribution in [0.5, 0.6) is 0 Å². The van der Waals surface area contributed by atoms with Gasteiger partial charge in [-0.1, -0.05) is 12.1 Å². The van der Waals surface area contributed by atoms with E-state index in [9.17, 15) is 18.3 Å². The van der Waals surface area contributed by atoms with E-state index in [2.05, 4.69) is 10.3 Å². The summed E-state index contributed by atoms with van der Waals surface area (Å²) in [6, 6.07) is 1.51. The zero-order chi connectivity index (χ0) is 14.0. The van der Waals surface area contributed by atoms with Gasteiger partial charge in [-0.25, -0.2) is 17.9 Å². The van der Waals surface area contributed by atoms with Gasteiger partial charge in [0.1, 0.15) is 6.10 Å². The number of nitrogens with zero attached hydrogens (tertiary/aromatic N) is 3. The van der Waals surface area contributed by atoms with Gasteiger partial charge in [0, 0.05) is 6.54 Å². The Hall–Kier alpha value is -1.89. The van der Waals surface area contributed by atoms with Crippen molar-refractivity contribution in [2.75, 3.05) is 0 Å². The van der Waals surface area contributed by atoms with Crippen LogP contribution in [0.4, 0.5) is 13.2 Å². The van der Waals surface area contributed by atoms with E-state index < -0.39 is 23.6 Å². The Morgan fingerprint density at radius 3 is 2.47 bits per heavy atom. The Bertz CT molecular complexity index is 562. The minimum absolute atomic E-state index is 0.0870. The molecule has 0 spiro atoms. The van der Waals surface area contributed by atoms with Crippen LogP contribution in [-0.2, 0) is 6.54 Å². The molecule has 1 aromatic carbocycles. The van der Waals surface area contributed by atoms with E-state index in [4.69, 9.17) is 0 Å². The van der Waals surface area contributed by atoms with E-state index in [1.165, 1.54) is 10.9 Å². The van der Waals surface area contributed by atoms with Gasteiger partial charge in [-0.2, -0.15) is 0 Å². The predicted octanol–water partition coefficient (Wildman–Crippen LogP) is 2.19. The molecule has 1 aromatic heterocycles. The average Bonchev–Trinajstić information content (AvgIpc) is 2.83. The summed E-state index contributed by atoms with van der Waals surface area (Å²) in [6.07, 6.45) is 0.750. The molecule has 2 aromatic rings. The third-order valence-corrected chi connectivity index (χ3v) is 2.69. The van der Waals surface area contributed by atoms with Crippen molar-refractivity contribution in [3.05, 3.63) is 47.0 Å². The molecule has 0 radical (unpaired) electrons. The van der Waals surface area contributed by atoms with Crippen molar-refractivity contribution in [3.63, 3.8) is 0 Å². The van der Waals surface area contributed by atoms with E-state index in [0.717, 1.165) is 18.6 Å². The van der Waals surface area contributed by atoms with Gasteiger partial charge in [0.15, 0.2) is 17.5 Å². The molecular weight excluding hydrogens is 259 g/mol. The second kappa shape index (κ2) is 5.40. The lowest BCUT2D eigenvalue weighted by Gasteiger charge is -2.12. The molecule has 102 valence electrons. The maximum atomic E-state index is 13.1. The lowest BCUT2D eigenvalue weighted by molar-refractivity contribution is 0.206. The smallest absolute Gasteiger partial charge is 0.194 e. The molecule has 0 amide bonds. The van der Waals surface area contributed by atoms with Crippen LogP contribution in [0.25, 0.3) is 0 Å². The van der Waals surface area contributed by atoms with Crippen molar-refractivity contribution in [2.24, 2.45) is 0 Å². The normalized spacial score (nSPS) is 12.7. The molecule has 4 nitrogen and oxygen atoms in total. The van der Waals surface area contributed by atoms with Crippen molar-refractivity contribution < 1.29 is 18.3 Å². The monoisotopic (exact) mass is 271 g/mol. The van der Waals surface area contributed by atoms with Crippen LogP contribution in [0, 0.1) is 17.5 Å². The molecule has 0 aliphatic carbocycles. The number of aryl methyl sites for hydroxylation is 1. The van der Waals surface area contributed by atoms with Crippen molar-refractivity contribution in [1.82, 2.24) is 15.0 Å². The quantitative estimate of drug-likeness (QED) is 0.867. The summed E-state index contributed by atoms with van der Waals surface area (Å²) in [6.45, 7) is 2.42. The SMILES string of the molecule is CCCn1nncc1C(O)c1cc(F)c(F)c(F)c1. The fourth-order valence-corrected chi connectivity index (χ4v) is 1.77. The highest BCUT2D eigenvalue weighted by Gasteiger charge is 2.20. The van der Waals surface area contributed by atoms with Crippen molar-refractivity contribution in [3.8, 4) is 0 Å². The Morgan fingerprint density at radius 1 is 1.26 bits per heavy atom. The number of rotatable bonds is 4. The molecule has 2 rings (SSSR count). The summed E-state index contributed by atoms with van der Waals surface area (Å²) in [5.74, 6) is -4.25. The highest BCUT2D eigenvalue weighted by Crippen LogP contribution is 2.24. The number of hydrogen-bond acceptors (Lipinski definition) is 3. The molecule has 0 saturated carbocycles. The first kappa shape index (κ1) is 13.5. The molecule has 1 heterocycles. The maximum Gasteiger partial charge on any atom is 0.194 e.